The lowest BCUT2D eigenvalue weighted by Gasteiger charge is -2.19. The van der Waals surface area contributed by atoms with Gasteiger partial charge in [-0.2, -0.15) is 5.10 Å². The van der Waals surface area contributed by atoms with E-state index in [-0.39, 0.29) is 5.91 Å². The Morgan fingerprint density at radius 3 is 2.25 bits per heavy atom. The highest BCUT2D eigenvalue weighted by atomic mass is 16.2. The lowest BCUT2D eigenvalue weighted by molar-refractivity contribution is 0.0772. The van der Waals surface area contributed by atoms with Crippen LogP contribution in [0.15, 0.2) is 54.9 Å². The van der Waals surface area contributed by atoms with Gasteiger partial charge in [0, 0.05) is 25.5 Å². The molecule has 0 saturated heterocycles. The molecule has 0 unspecified atom stereocenters. The number of rotatable bonds is 5. The van der Waals surface area contributed by atoms with Gasteiger partial charge < -0.3 is 9.47 Å². The fourth-order valence-corrected chi connectivity index (χ4v) is 2.90. The summed E-state index contributed by atoms with van der Waals surface area (Å²) in [6.45, 7) is 7.23. The van der Waals surface area contributed by atoms with Gasteiger partial charge in [0.1, 0.15) is 5.56 Å². The van der Waals surface area contributed by atoms with Gasteiger partial charge in [-0.3, -0.25) is 4.79 Å². The molecular formula is C19H22N4O. The molecule has 5 nitrogen and oxygen atoms in total. The quantitative estimate of drug-likeness (QED) is 0.722. The first-order chi connectivity index (χ1) is 11.7. The molecule has 1 aromatic carbocycles. The number of amides is 1. The zero-order valence-electron chi connectivity index (χ0n) is 14.3. The monoisotopic (exact) mass is 322 g/mol. The molecule has 2 heterocycles. The van der Waals surface area contributed by atoms with Crippen molar-refractivity contribution in [3.63, 3.8) is 0 Å². The number of aromatic nitrogens is 3. The molecule has 0 aliphatic carbocycles. The lowest BCUT2D eigenvalue weighted by atomic mass is 10.2. The van der Waals surface area contributed by atoms with Crippen LogP contribution in [0.1, 0.15) is 29.9 Å². The predicted octanol–water partition coefficient (Wildman–Crippen LogP) is 3.45. The van der Waals surface area contributed by atoms with Crippen molar-refractivity contribution in [2.75, 3.05) is 13.1 Å². The highest BCUT2D eigenvalue weighted by Crippen LogP contribution is 2.24. The summed E-state index contributed by atoms with van der Waals surface area (Å²) in [6.07, 6.45) is 3.88. The summed E-state index contributed by atoms with van der Waals surface area (Å²) in [5.41, 5.74) is 2.32. The standard InChI is InChI=1S/C19H22N4O/c1-4-21(5-2)19(24)17-15(3)20-23(16-11-7-6-8-12-16)18(17)22-13-9-10-14-22/h6-14H,4-5H2,1-3H3. The number of aryl methyl sites for hydroxylation is 1. The Kier molecular flexibility index (Phi) is 4.51. The Morgan fingerprint density at radius 1 is 1.04 bits per heavy atom. The number of carbonyl (C=O) groups is 1. The van der Waals surface area contributed by atoms with Gasteiger partial charge in [-0.15, -0.1) is 0 Å². The summed E-state index contributed by atoms with van der Waals surface area (Å²) in [5, 5.41) is 4.66. The molecule has 124 valence electrons. The second-order valence-corrected chi connectivity index (χ2v) is 5.60. The SMILES string of the molecule is CCN(CC)C(=O)c1c(C)nn(-c2ccccc2)c1-n1cccc1. The van der Waals surface area contributed by atoms with E-state index in [4.69, 9.17) is 0 Å². The fourth-order valence-electron chi connectivity index (χ4n) is 2.90. The molecule has 0 spiro atoms. The molecule has 0 N–H and O–H groups in total. The summed E-state index contributed by atoms with van der Waals surface area (Å²) in [5.74, 6) is 0.795. The van der Waals surface area contributed by atoms with E-state index in [0.29, 0.717) is 18.7 Å². The average Bonchev–Trinajstić information content (AvgIpc) is 3.24. The molecule has 5 heteroatoms. The third-order valence-electron chi connectivity index (χ3n) is 4.15. The Balaban J connectivity index is 2.23. The zero-order chi connectivity index (χ0) is 17.1. The van der Waals surface area contributed by atoms with Gasteiger partial charge in [0.05, 0.1) is 11.4 Å². The van der Waals surface area contributed by atoms with Crippen molar-refractivity contribution in [1.29, 1.82) is 0 Å². The Morgan fingerprint density at radius 2 is 1.67 bits per heavy atom. The summed E-state index contributed by atoms with van der Waals surface area (Å²) in [6, 6.07) is 13.8. The third kappa shape index (κ3) is 2.73. The number of benzene rings is 1. The second-order valence-electron chi connectivity index (χ2n) is 5.60. The smallest absolute Gasteiger partial charge is 0.259 e. The van der Waals surface area contributed by atoms with Crippen molar-refractivity contribution in [1.82, 2.24) is 19.2 Å². The maximum atomic E-state index is 13.0. The largest absolute Gasteiger partial charge is 0.339 e. The van der Waals surface area contributed by atoms with Crippen LogP contribution in [0.3, 0.4) is 0 Å². The minimum absolute atomic E-state index is 0.0170. The summed E-state index contributed by atoms with van der Waals surface area (Å²) in [7, 11) is 0. The van der Waals surface area contributed by atoms with Crippen molar-refractivity contribution < 1.29 is 4.79 Å². The molecule has 1 amide bonds. The second kappa shape index (κ2) is 6.74. The molecule has 24 heavy (non-hydrogen) atoms. The van der Waals surface area contributed by atoms with Crippen LogP contribution in [0.4, 0.5) is 0 Å². The average molecular weight is 322 g/mol. The van der Waals surface area contributed by atoms with Crippen molar-refractivity contribution >= 4 is 5.91 Å². The van der Waals surface area contributed by atoms with Gasteiger partial charge >= 0.3 is 0 Å². The molecule has 0 atom stereocenters. The summed E-state index contributed by atoms with van der Waals surface area (Å²) >= 11 is 0. The molecular weight excluding hydrogens is 300 g/mol. The van der Waals surface area contributed by atoms with Crippen LogP contribution in [-0.4, -0.2) is 38.2 Å². The number of hydrogen-bond acceptors (Lipinski definition) is 2. The zero-order valence-corrected chi connectivity index (χ0v) is 14.3. The molecule has 0 bridgehead atoms. The fraction of sp³-hybridized carbons (Fsp3) is 0.263. The van der Waals surface area contributed by atoms with Crippen LogP contribution >= 0.6 is 0 Å². The van der Waals surface area contributed by atoms with Gasteiger partial charge in [-0.05, 0) is 45.0 Å². The Labute approximate surface area is 142 Å². The molecule has 0 saturated carbocycles. The van der Waals surface area contributed by atoms with E-state index >= 15 is 0 Å². The van der Waals surface area contributed by atoms with E-state index in [1.807, 2.05) is 89.8 Å². The molecule has 0 fully saturated rings. The topological polar surface area (TPSA) is 43.1 Å². The Bertz CT molecular complexity index is 815. The van der Waals surface area contributed by atoms with Gasteiger partial charge in [0.25, 0.3) is 5.91 Å². The first-order valence-corrected chi connectivity index (χ1v) is 8.25. The van der Waals surface area contributed by atoms with Crippen LogP contribution in [0.2, 0.25) is 0 Å². The minimum Gasteiger partial charge on any atom is -0.339 e. The maximum absolute atomic E-state index is 13.0. The summed E-state index contributed by atoms with van der Waals surface area (Å²) in [4.78, 5) is 14.9. The maximum Gasteiger partial charge on any atom is 0.259 e. The van der Waals surface area contributed by atoms with Crippen molar-refractivity contribution in [2.24, 2.45) is 0 Å². The van der Waals surface area contributed by atoms with E-state index in [1.54, 1.807) is 0 Å². The van der Waals surface area contributed by atoms with E-state index < -0.39 is 0 Å². The number of hydrogen-bond donors (Lipinski definition) is 0. The van der Waals surface area contributed by atoms with Crippen molar-refractivity contribution in [3.05, 3.63) is 66.1 Å². The molecule has 0 radical (unpaired) electrons. The van der Waals surface area contributed by atoms with Crippen LogP contribution in [0.5, 0.6) is 0 Å². The minimum atomic E-state index is 0.0170. The molecule has 0 aliphatic heterocycles. The van der Waals surface area contributed by atoms with Gasteiger partial charge in [-0.25, -0.2) is 4.68 Å². The molecule has 3 rings (SSSR count). The van der Waals surface area contributed by atoms with E-state index in [1.165, 1.54) is 0 Å². The van der Waals surface area contributed by atoms with E-state index in [0.717, 1.165) is 17.2 Å². The van der Waals surface area contributed by atoms with Crippen molar-refractivity contribution in [3.8, 4) is 11.5 Å². The predicted molar refractivity (Wildman–Crippen MR) is 94.9 cm³/mol. The van der Waals surface area contributed by atoms with Crippen LogP contribution < -0.4 is 0 Å². The summed E-state index contributed by atoms with van der Waals surface area (Å²) < 4.78 is 3.79. The normalized spacial score (nSPS) is 10.8. The van der Waals surface area contributed by atoms with Crippen LogP contribution in [0, 0.1) is 6.92 Å². The van der Waals surface area contributed by atoms with Crippen LogP contribution in [-0.2, 0) is 0 Å². The molecule has 0 aliphatic rings. The van der Waals surface area contributed by atoms with E-state index in [2.05, 4.69) is 5.10 Å². The lowest BCUT2D eigenvalue weighted by Crippen LogP contribution is -2.31. The number of para-hydroxylation sites is 1. The third-order valence-corrected chi connectivity index (χ3v) is 4.15. The number of nitrogens with zero attached hydrogens (tertiary/aromatic N) is 4. The van der Waals surface area contributed by atoms with E-state index in [9.17, 15) is 4.79 Å². The molecule has 3 aromatic rings. The van der Waals surface area contributed by atoms with Gasteiger partial charge in [0.2, 0.25) is 0 Å². The first-order valence-electron chi connectivity index (χ1n) is 8.25. The molecule has 2 aromatic heterocycles. The highest BCUT2D eigenvalue weighted by molar-refractivity contribution is 5.98. The van der Waals surface area contributed by atoms with Gasteiger partial charge in [-0.1, -0.05) is 18.2 Å². The van der Waals surface area contributed by atoms with Crippen molar-refractivity contribution in [2.45, 2.75) is 20.8 Å². The number of carbonyl (C=O) groups excluding carboxylic acids is 1. The highest BCUT2D eigenvalue weighted by Gasteiger charge is 2.26. The first kappa shape index (κ1) is 16.1. The van der Waals surface area contributed by atoms with Gasteiger partial charge in [0.15, 0.2) is 5.82 Å². The Hall–Kier alpha value is -2.82. The van der Waals surface area contributed by atoms with Crippen LogP contribution in [0.25, 0.3) is 11.5 Å².